The molecule has 3 bridgehead atoms. The Morgan fingerprint density at radius 1 is 0.846 bits per heavy atom. The Morgan fingerprint density at radius 3 is 2.54 bits per heavy atom. The molecule has 0 aromatic heterocycles. The van der Waals surface area contributed by atoms with Crippen LogP contribution in [-0.4, -0.2) is 6.54 Å². The summed E-state index contributed by atoms with van der Waals surface area (Å²) >= 11 is 0. The first-order valence-corrected chi connectivity index (χ1v) is 6.07. The normalized spacial score (nSPS) is 53.8. The molecular weight excluding hydrogens is 158 g/mol. The molecule has 0 aliphatic heterocycles. The molecule has 1 nitrogen and oxygen atoms in total. The summed E-state index contributed by atoms with van der Waals surface area (Å²) in [5.41, 5.74) is 5.87. The minimum absolute atomic E-state index is 0.893. The van der Waals surface area contributed by atoms with E-state index < -0.39 is 0 Å². The zero-order valence-corrected chi connectivity index (χ0v) is 8.41. The number of hydrogen-bond acceptors (Lipinski definition) is 1. The lowest BCUT2D eigenvalue weighted by molar-refractivity contribution is -0.00458. The summed E-state index contributed by atoms with van der Waals surface area (Å²) in [6.45, 7) is 0.959. The van der Waals surface area contributed by atoms with Gasteiger partial charge in [-0.25, -0.2) is 0 Å². The molecule has 0 radical (unpaired) electrons. The summed E-state index contributed by atoms with van der Waals surface area (Å²) in [4.78, 5) is 0. The monoisotopic (exact) mass is 179 g/mol. The maximum absolute atomic E-state index is 5.87. The molecule has 0 saturated heterocycles. The molecule has 3 aliphatic carbocycles. The van der Waals surface area contributed by atoms with Gasteiger partial charge in [0.2, 0.25) is 0 Å². The maximum Gasteiger partial charge on any atom is -0.00461 e. The van der Waals surface area contributed by atoms with Crippen LogP contribution in [0.15, 0.2) is 0 Å². The first kappa shape index (κ1) is 8.28. The van der Waals surface area contributed by atoms with Crippen LogP contribution in [0.2, 0.25) is 0 Å². The quantitative estimate of drug-likeness (QED) is 0.657. The van der Waals surface area contributed by atoms with Crippen LogP contribution < -0.4 is 5.73 Å². The van der Waals surface area contributed by atoms with Gasteiger partial charge < -0.3 is 5.73 Å². The maximum atomic E-state index is 5.87. The van der Waals surface area contributed by atoms with Gasteiger partial charge in [-0.1, -0.05) is 6.42 Å². The Kier molecular flexibility index (Phi) is 1.90. The second-order valence-corrected chi connectivity index (χ2v) is 5.66. The molecule has 2 N–H and O–H groups in total. The number of rotatable bonds is 1. The van der Waals surface area contributed by atoms with Crippen molar-refractivity contribution in [3.8, 4) is 0 Å². The molecule has 0 heterocycles. The second kappa shape index (κ2) is 2.98. The highest BCUT2D eigenvalue weighted by molar-refractivity contribution is 4.95. The van der Waals surface area contributed by atoms with Gasteiger partial charge in [0, 0.05) is 0 Å². The molecule has 5 atom stereocenters. The van der Waals surface area contributed by atoms with Crippen molar-refractivity contribution in [1.29, 1.82) is 0 Å². The highest BCUT2D eigenvalue weighted by Gasteiger charge is 2.44. The van der Waals surface area contributed by atoms with Crippen LogP contribution in [0.1, 0.15) is 38.5 Å². The Labute approximate surface area is 81.1 Å². The summed E-state index contributed by atoms with van der Waals surface area (Å²) in [7, 11) is 0. The summed E-state index contributed by atoms with van der Waals surface area (Å²) in [5.74, 6) is 5.19. The van der Waals surface area contributed by atoms with E-state index in [2.05, 4.69) is 0 Å². The van der Waals surface area contributed by atoms with Crippen molar-refractivity contribution in [3.05, 3.63) is 0 Å². The van der Waals surface area contributed by atoms with E-state index in [1.165, 1.54) is 32.1 Å². The van der Waals surface area contributed by atoms with Crippen LogP contribution in [0.5, 0.6) is 0 Å². The Balaban J connectivity index is 1.83. The third-order valence-corrected chi connectivity index (χ3v) is 5.06. The van der Waals surface area contributed by atoms with Crippen LogP contribution in [0, 0.1) is 29.6 Å². The van der Waals surface area contributed by atoms with Crippen molar-refractivity contribution >= 4 is 0 Å². The molecule has 0 aromatic carbocycles. The fraction of sp³-hybridized carbons (Fsp3) is 1.00. The van der Waals surface area contributed by atoms with Crippen molar-refractivity contribution in [2.45, 2.75) is 38.5 Å². The topological polar surface area (TPSA) is 26.0 Å². The zero-order valence-electron chi connectivity index (χ0n) is 8.41. The molecule has 3 aliphatic rings. The summed E-state index contributed by atoms with van der Waals surface area (Å²) in [6.07, 6.45) is 9.15. The first-order valence-electron chi connectivity index (χ1n) is 6.07. The lowest BCUT2D eigenvalue weighted by Crippen LogP contribution is -2.43. The number of fused-ring (bicyclic) bond motifs is 2. The predicted octanol–water partition coefficient (Wildman–Crippen LogP) is 2.41. The smallest absolute Gasteiger partial charge is 0.00461 e. The number of hydrogen-bond donors (Lipinski definition) is 1. The summed E-state index contributed by atoms with van der Waals surface area (Å²) in [6, 6.07) is 0. The van der Waals surface area contributed by atoms with Crippen molar-refractivity contribution < 1.29 is 0 Å². The minimum atomic E-state index is 0.893. The lowest BCUT2D eigenvalue weighted by Gasteiger charge is -2.51. The van der Waals surface area contributed by atoms with Gasteiger partial charge in [0.05, 0.1) is 0 Å². The average Bonchev–Trinajstić information content (AvgIpc) is 2.15. The van der Waals surface area contributed by atoms with Gasteiger partial charge >= 0.3 is 0 Å². The standard InChI is InChI=1S/C12H21N/c13-7-12-5-9-2-1-8-3-10(9)6-11(12)4-8/h8-12H,1-7,13H2. The van der Waals surface area contributed by atoms with Crippen LogP contribution in [0.25, 0.3) is 0 Å². The molecule has 13 heavy (non-hydrogen) atoms. The van der Waals surface area contributed by atoms with Crippen LogP contribution in [0.3, 0.4) is 0 Å². The molecule has 74 valence electrons. The van der Waals surface area contributed by atoms with Gasteiger partial charge in [0.25, 0.3) is 0 Å². The molecular formula is C12H21N. The Hall–Kier alpha value is -0.0400. The molecule has 0 spiro atoms. The van der Waals surface area contributed by atoms with E-state index in [4.69, 9.17) is 5.73 Å². The van der Waals surface area contributed by atoms with E-state index in [-0.39, 0.29) is 0 Å². The predicted molar refractivity (Wildman–Crippen MR) is 54.2 cm³/mol. The molecule has 5 unspecified atom stereocenters. The number of nitrogens with two attached hydrogens (primary N) is 1. The molecule has 0 aromatic rings. The van der Waals surface area contributed by atoms with Gasteiger partial charge in [0.15, 0.2) is 0 Å². The van der Waals surface area contributed by atoms with Gasteiger partial charge in [-0.3, -0.25) is 0 Å². The van der Waals surface area contributed by atoms with Crippen LogP contribution in [0.4, 0.5) is 0 Å². The molecule has 0 amide bonds. The summed E-state index contributed by atoms with van der Waals surface area (Å²) in [5, 5.41) is 0. The summed E-state index contributed by atoms with van der Waals surface area (Å²) < 4.78 is 0. The second-order valence-electron chi connectivity index (χ2n) is 5.66. The fourth-order valence-corrected chi connectivity index (χ4v) is 4.41. The van der Waals surface area contributed by atoms with E-state index in [0.29, 0.717) is 0 Å². The van der Waals surface area contributed by atoms with Gasteiger partial charge in [-0.15, -0.1) is 0 Å². The van der Waals surface area contributed by atoms with Crippen molar-refractivity contribution in [2.24, 2.45) is 35.3 Å². The third kappa shape index (κ3) is 1.24. The van der Waals surface area contributed by atoms with Gasteiger partial charge in [0.1, 0.15) is 0 Å². The average molecular weight is 179 g/mol. The van der Waals surface area contributed by atoms with Crippen molar-refractivity contribution in [3.63, 3.8) is 0 Å². The van der Waals surface area contributed by atoms with E-state index in [1.807, 2.05) is 0 Å². The first-order chi connectivity index (χ1) is 6.36. The van der Waals surface area contributed by atoms with Gasteiger partial charge in [-0.2, -0.15) is 0 Å². The molecule has 3 saturated carbocycles. The molecule has 1 heteroatoms. The van der Waals surface area contributed by atoms with Crippen LogP contribution in [-0.2, 0) is 0 Å². The van der Waals surface area contributed by atoms with Crippen LogP contribution >= 0.6 is 0 Å². The van der Waals surface area contributed by atoms with Crippen molar-refractivity contribution in [1.82, 2.24) is 0 Å². The van der Waals surface area contributed by atoms with E-state index >= 15 is 0 Å². The highest BCUT2D eigenvalue weighted by atomic mass is 14.6. The molecule has 3 rings (SSSR count). The van der Waals surface area contributed by atoms with E-state index in [0.717, 1.165) is 36.1 Å². The van der Waals surface area contributed by atoms with Gasteiger partial charge in [-0.05, 0) is 68.2 Å². The highest BCUT2D eigenvalue weighted by Crippen LogP contribution is 2.54. The third-order valence-electron chi connectivity index (χ3n) is 5.06. The SMILES string of the molecule is NCC1CC2CCC3CC1CC2C3. The minimum Gasteiger partial charge on any atom is -0.330 e. The van der Waals surface area contributed by atoms with Crippen molar-refractivity contribution in [2.75, 3.05) is 6.54 Å². The Morgan fingerprint density at radius 2 is 1.69 bits per heavy atom. The largest absolute Gasteiger partial charge is 0.330 e. The van der Waals surface area contributed by atoms with E-state index in [9.17, 15) is 0 Å². The Bertz CT molecular complexity index is 199. The molecule has 3 fully saturated rings. The lowest BCUT2D eigenvalue weighted by atomic mass is 9.54. The zero-order chi connectivity index (χ0) is 8.84. The van der Waals surface area contributed by atoms with E-state index in [1.54, 1.807) is 6.42 Å². The fourth-order valence-electron chi connectivity index (χ4n) is 4.41.